The van der Waals surface area contributed by atoms with Crippen molar-refractivity contribution in [3.63, 3.8) is 0 Å². The second-order valence-corrected chi connectivity index (χ2v) is 4.17. The predicted molar refractivity (Wildman–Crippen MR) is 48.9 cm³/mol. The standard InChI is InChI=1S/C5H4N4O3S2/c10-14(11,12)5-8-3-2(4(13)9-5)6-1-7-3/h1H,(H,10,11,12)(H2,6,7,8,9,13). The number of H-pyrrole nitrogens is 2. The van der Waals surface area contributed by atoms with Crippen molar-refractivity contribution in [3.8, 4) is 0 Å². The fourth-order valence-corrected chi connectivity index (χ4v) is 1.69. The minimum atomic E-state index is -4.38. The van der Waals surface area contributed by atoms with E-state index in [1.54, 1.807) is 0 Å². The molecule has 0 fully saturated rings. The van der Waals surface area contributed by atoms with Crippen LogP contribution in [0, 0.1) is 4.64 Å². The number of fused-ring (bicyclic) bond motifs is 1. The lowest BCUT2D eigenvalue weighted by molar-refractivity contribution is 0.474. The summed E-state index contributed by atoms with van der Waals surface area (Å²) >= 11 is 4.79. The van der Waals surface area contributed by atoms with Crippen LogP contribution in [-0.2, 0) is 10.1 Å². The van der Waals surface area contributed by atoms with Crippen LogP contribution in [0.15, 0.2) is 11.5 Å². The van der Waals surface area contributed by atoms with Crippen molar-refractivity contribution in [1.29, 1.82) is 0 Å². The third-order valence-corrected chi connectivity index (χ3v) is 2.50. The smallest absolute Gasteiger partial charge is 0.328 e. The summed E-state index contributed by atoms with van der Waals surface area (Å²) < 4.78 is 30.2. The van der Waals surface area contributed by atoms with Gasteiger partial charge in [0.1, 0.15) is 5.52 Å². The van der Waals surface area contributed by atoms with Gasteiger partial charge in [0.15, 0.2) is 10.3 Å². The molecule has 0 spiro atoms. The highest BCUT2D eigenvalue weighted by atomic mass is 32.2. The zero-order chi connectivity index (χ0) is 10.3. The Bertz CT molecular complexity index is 640. The SMILES string of the molecule is O=S(=O)(O)c1nc(=S)c2[nH]cnc2[nH]1. The van der Waals surface area contributed by atoms with E-state index in [-0.39, 0.29) is 10.3 Å². The number of aromatic amines is 2. The highest BCUT2D eigenvalue weighted by Gasteiger charge is 2.14. The maximum atomic E-state index is 10.7. The lowest BCUT2D eigenvalue weighted by Crippen LogP contribution is -2.05. The number of rotatable bonds is 1. The Hall–Kier alpha value is -1.32. The monoisotopic (exact) mass is 232 g/mol. The highest BCUT2D eigenvalue weighted by Crippen LogP contribution is 2.09. The zero-order valence-electron chi connectivity index (χ0n) is 6.55. The maximum absolute atomic E-state index is 10.7. The van der Waals surface area contributed by atoms with Crippen LogP contribution >= 0.6 is 12.2 Å². The molecule has 0 unspecified atom stereocenters. The van der Waals surface area contributed by atoms with E-state index in [1.807, 2.05) is 0 Å². The van der Waals surface area contributed by atoms with Crippen LogP contribution in [0.2, 0.25) is 0 Å². The first kappa shape index (κ1) is 9.24. The minimum Gasteiger partial charge on any atom is -0.341 e. The largest absolute Gasteiger partial charge is 0.341 e. The Labute approximate surface area is 83.0 Å². The normalized spacial score (nSPS) is 12.1. The summed E-state index contributed by atoms with van der Waals surface area (Å²) in [4.78, 5) is 12.3. The van der Waals surface area contributed by atoms with Gasteiger partial charge in [-0.15, -0.1) is 0 Å². The van der Waals surface area contributed by atoms with Crippen LogP contribution in [0.4, 0.5) is 0 Å². The first-order valence-corrected chi connectivity index (χ1v) is 5.24. The van der Waals surface area contributed by atoms with Crippen molar-refractivity contribution >= 4 is 33.5 Å². The maximum Gasteiger partial charge on any atom is 0.328 e. The summed E-state index contributed by atoms with van der Waals surface area (Å²) in [6.07, 6.45) is 1.34. The van der Waals surface area contributed by atoms with Crippen LogP contribution < -0.4 is 0 Å². The van der Waals surface area contributed by atoms with Crippen molar-refractivity contribution in [3.05, 3.63) is 11.0 Å². The van der Waals surface area contributed by atoms with Gasteiger partial charge in [0.2, 0.25) is 0 Å². The van der Waals surface area contributed by atoms with Crippen LogP contribution in [0.25, 0.3) is 11.2 Å². The molecule has 0 aliphatic rings. The number of hydrogen-bond acceptors (Lipinski definition) is 5. The summed E-state index contributed by atoms with van der Waals surface area (Å²) in [5, 5.41) is -0.609. The summed E-state index contributed by atoms with van der Waals surface area (Å²) in [5.41, 5.74) is 0.657. The summed E-state index contributed by atoms with van der Waals surface area (Å²) in [6.45, 7) is 0. The average Bonchev–Trinajstić information content (AvgIpc) is 2.50. The molecule has 0 bridgehead atoms. The van der Waals surface area contributed by atoms with Crippen LogP contribution in [0.1, 0.15) is 0 Å². The Balaban J connectivity index is 2.91. The van der Waals surface area contributed by atoms with E-state index < -0.39 is 15.3 Å². The van der Waals surface area contributed by atoms with Gasteiger partial charge >= 0.3 is 10.1 Å². The van der Waals surface area contributed by atoms with Crippen molar-refractivity contribution in [2.45, 2.75) is 5.16 Å². The van der Waals surface area contributed by atoms with Gasteiger partial charge in [0, 0.05) is 0 Å². The molecular weight excluding hydrogens is 228 g/mol. The van der Waals surface area contributed by atoms with E-state index >= 15 is 0 Å². The van der Waals surface area contributed by atoms with Gasteiger partial charge in [-0.2, -0.15) is 8.42 Å². The van der Waals surface area contributed by atoms with E-state index in [4.69, 9.17) is 16.8 Å². The molecule has 0 aliphatic carbocycles. The number of hydrogen-bond donors (Lipinski definition) is 3. The summed E-state index contributed by atoms with van der Waals surface area (Å²) in [6, 6.07) is 0. The van der Waals surface area contributed by atoms with Gasteiger partial charge in [-0.1, -0.05) is 12.2 Å². The van der Waals surface area contributed by atoms with E-state index in [2.05, 4.69) is 19.9 Å². The van der Waals surface area contributed by atoms with Crippen molar-refractivity contribution in [1.82, 2.24) is 19.9 Å². The van der Waals surface area contributed by atoms with Gasteiger partial charge in [0.25, 0.3) is 5.16 Å². The molecule has 74 valence electrons. The molecule has 9 heteroatoms. The molecular formula is C5H4N4O3S2. The summed E-state index contributed by atoms with van der Waals surface area (Å²) in [7, 11) is -4.38. The van der Waals surface area contributed by atoms with Gasteiger partial charge in [0.05, 0.1) is 6.33 Å². The Morgan fingerprint density at radius 2 is 2.21 bits per heavy atom. The number of nitrogens with zero attached hydrogens (tertiary/aromatic N) is 2. The molecule has 0 radical (unpaired) electrons. The zero-order valence-corrected chi connectivity index (χ0v) is 8.18. The summed E-state index contributed by atoms with van der Waals surface area (Å²) in [5.74, 6) is 0. The molecule has 2 aromatic rings. The molecule has 2 rings (SSSR count). The Morgan fingerprint density at radius 3 is 2.86 bits per heavy atom. The van der Waals surface area contributed by atoms with Gasteiger partial charge in [-0.3, -0.25) is 4.55 Å². The predicted octanol–water partition coefficient (Wildman–Crippen LogP) is 0.262. The van der Waals surface area contributed by atoms with Crippen LogP contribution in [-0.4, -0.2) is 32.9 Å². The lowest BCUT2D eigenvalue weighted by Gasteiger charge is -1.95. The third-order valence-electron chi connectivity index (χ3n) is 1.53. The Morgan fingerprint density at radius 1 is 1.50 bits per heavy atom. The average molecular weight is 232 g/mol. The molecule has 0 saturated carbocycles. The van der Waals surface area contributed by atoms with Crippen LogP contribution in [0.5, 0.6) is 0 Å². The van der Waals surface area contributed by atoms with Gasteiger partial charge < -0.3 is 9.97 Å². The molecule has 0 aliphatic heterocycles. The number of imidazole rings is 1. The van der Waals surface area contributed by atoms with Crippen molar-refractivity contribution < 1.29 is 13.0 Å². The fraction of sp³-hybridized carbons (Fsp3) is 0. The fourth-order valence-electron chi connectivity index (χ4n) is 0.952. The molecule has 0 saturated heterocycles. The first-order chi connectivity index (χ1) is 6.48. The van der Waals surface area contributed by atoms with Crippen molar-refractivity contribution in [2.75, 3.05) is 0 Å². The highest BCUT2D eigenvalue weighted by molar-refractivity contribution is 7.85. The topological polar surface area (TPSA) is 112 Å². The molecule has 0 amide bonds. The molecule has 2 aromatic heterocycles. The molecule has 7 nitrogen and oxygen atoms in total. The molecule has 3 N–H and O–H groups in total. The van der Waals surface area contributed by atoms with Crippen molar-refractivity contribution in [2.24, 2.45) is 0 Å². The third kappa shape index (κ3) is 1.41. The second kappa shape index (κ2) is 2.83. The second-order valence-electron chi connectivity index (χ2n) is 2.45. The molecule has 2 heterocycles. The first-order valence-electron chi connectivity index (χ1n) is 3.39. The molecule has 0 atom stereocenters. The number of nitrogens with one attached hydrogen (secondary N) is 2. The van der Waals surface area contributed by atoms with E-state index in [9.17, 15) is 8.42 Å². The van der Waals surface area contributed by atoms with Gasteiger partial charge in [-0.25, -0.2) is 9.97 Å². The molecule has 14 heavy (non-hydrogen) atoms. The minimum absolute atomic E-state index is 0.0314. The van der Waals surface area contributed by atoms with E-state index in [1.165, 1.54) is 6.33 Å². The quantitative estimate of drug-likeness (QED) is 0.369. The van der Waals surface area contributed by atoms with Gasteiger partial charge in [-0.05, 0) is 0 Å². The number of aromatic nitrogens is 4. The lowest BCUT2D eigenvalue weighted by atomic mass is 10.6. The van der Waals surface area contributed by atoms with E-state index in [0.29, 0.717) is 5.52 Å². The Kier molecular flexibility index (Phi) is 1.87. The molecule has 0 aromatic carbocycles. The van der Waals surface area contributed by atoms with E-state index in [0.717, 1.165) is 0 Å². The van der Waals surface area contributed by atoms with Crippen LogP contribution in [0.3, 0.4) is 0 Å².